The molecule has 0 bridgehead atoms. The molecule has 0 aliphatic carbocycles. The Morgan fingerprint density at radius 1 is 0.333 bits per heavy atom. The number of nitrogens with zero attached hydrogens (tertiary/aromatic N) is 1. The van der Waals surface area contributed by atoms with Gasteiger partial charge in [-0.3, -0.25) is 4.79 Å². The number of hydrogen-bond donors (Lipinski definition) is 1. The van der Waals surface area contributed by atoms with Crippen molar-refractivity contribution in [2.24, 2.45) is 0 Å². The summed E-state index contributed by atoms with van der Waals surface area (Å²) in [5, 5.41) is 3.16. The minimum Gasteiger partial charge on any atom is -0.356 e. The molecule has 0 fully saturated rings. The molecule has 0 unspecified atom stereocenters. The van der Waals surface area contributed by atoms with E-state index < -0.39 is 0 Å². The Labute approximate surface area is 398 Å². The zero-order valence-electron chi connectivity index (χ0n) is 44.4. The first-order chi connectivity index (χ1) is 31.0. The summed E-state index contributed by atoms with van der Waals surface area (Å²) in [6.45, 7) is 8.77. The zero-order chi connectivity index (χ0) is 45.8. The Balaban J connectivity index is 4.58. The highest BCUT2D eigenvalue weighted by atomic mass is 16.1. The van der Waals surface area contributed by atoms with Crippen LogP contribution in [0.1, 0.15) is 329 Å². The second-order valence-electron chi connectivity index (χ2n) is 20.6. The van der Waals surface area contributed by atoms with Crippen molar-refractivity contribution in [1.29, 1.82) is 0 Å². The number of nitrogens with one attached hydrogen (secondary N) is 1. The molecule has 1 N–H and O–H groups in total. The van der Waals surface area contributed by atoms with Gasteiger partial charge < -0.3 is 10.2 Å². The van der Waals surface area contributed by atoms with E-state index in [4.69, 9.17) is 0 Å². The molecule has 63 heavy (non-hydrogen) atoms. The molecule has 3 nitrogen and oxygen atoms in total. The molecule has 0 aliphatic heterocycles. The van der Waals surface area contributed by atoms with Crippen LogP contribution < -0.4 is 5.32 Å². The largest absolute Gasteiger partial charge is 0.356 e. The highest BCUT2D eigenvalue weighted by Crippen LogP contribution is 2.23. The van der Waals surface area contributed by atoms with E-state index in [1.54, 1.807) is 11.1 Å². The van der Waals surface area contributed by atoms with Crippen molar-refractivity contribution >= 4 is 5.91 Å². The first-order valence-electron chi connectivity index (χ1n) is 29.3. The first-order valence-corrected chi connectivity index (χ1v) is 29.3. The van der Waals surface area contributed by atoms with Crippen LogP contribution in [0.15, 0.2) is 23.3 Å². The van der Waals surface area contributed by atoms with Crippen LogP contribution >= 0.6 is 0 Å². The quantitative estimate of drug-likeness (QED) is 0.0488. The lowest BCUT2D eigenvalue weighted by atomic mass is 9.97. The van der Waals surface area contributed by atoms with Gasteiger partial charge in [-0.25, -0.2) is 0 Å². The Kier molecular flexibility index (Phi) is 52.6. The van der Waals surface area contributed by atoms with E-state index in [9.17, 15) is 4.79 Å². The third-order valence-corrected chi connectivity index (χ3v) is 13.8. The summed E-state index contributed by atoms with van der Waals surface area (Å²) in [5.41, 5.74) is 3.54. The number of carbonyl (C=O) groups excluding carboxylic acids is 1. The van der Waals surface area contributed by atoms with Crippen molar-refractivity contribution in [2.45, 2.75) is 329 Å². The van der Waals surface area contributed by atoms with Gasteiger partial charge in [0.05, 0.1) is 0 Å². The maximum absolute atomic E-state index is 12.2. The number of hydrogen-bond acceptors (Lipinski definition) is 2. The second kappa shape index (κ2) is 53.5. The molecule has 0 atom stereocenters. The van der Waals surface area contributed by atoms with Gasteiger partial charge in [0.15, 0.2) is 0 Å². The lowest BCUT2D eigenvalue weighted by Gasteiger charge is -2.10. The van der Waals surface area contributed by atoms with Crippen LogP contribution in [0, 0.1) is 0 Å². The molecule has 0 heterocycles. The minimum atomic E-state index is 0.223. The van der Waals surface area contributed by atoms with Crippen molar-refractivity contribution in [3.8, 4) is 0 Å². The van der Waals surface area contributed by atoms with E-state index >= 15 is 0 Å². The molecule has 0 rings (SSSR count). The van der Waals surface area contributed by atoms with Crippen LogP contribution in [0.3, 0.4) is 0 Å². The number of amides is 1. The summed E-state index contributed by atoms with van der Waals surface area (Å²) >= 11 is 0. The molecule has 0 saturated heterocycles. The molecule has 0 aromatic heterocycles. The Morgan fingerprint density at radius 2 is 0.603 bits per heavy atom. The summed E-state index contributed by atoms with van der Waals surface area (Å²) in [6, 6.07) is 0. The molecule has 3 heteroatoms. The van der Waals surface area contributed by atoms with E-state index in [0.29, 0.717) is 6.42 Å². The maximum atomic E-state index is 12.2. The van der Waals surface area contributed by atoms with E-state index in [0.717, 1.165) is 25.9 Å². The molecule has 1 amide bonds. The monoisotopic (exact) mass is 883 g/mol. The summed E-state index contributed by atoms with van der Waals surface area (Å²) in [7, 11) is 4.15. The molecule has 0 aromatic carbocycles. The fourth-order valence-corrected chi connectivity index (χ4v) is 9.49. The standard InChI is InChI=1S/C60H118N2O/c1-6-9-12-15-18-21-22-23-24-25-26-27-29-32-37-43-52-59(54-46-40-47-56-61-60(63)55-48-57-62(4)5)53-45-39-34-33-38-44-51-58(49-41-35-30-20-17-14-11-8-3)50-42-36-31-28-19-16-13-10-7-2/h51,54H,6-50,52-53,55-57H2,1-5H3,(H,61,63). The van der Waals surface area contributed by atoms with Crippen LogP contribution in [0.2, 0.25) is 0 Å². The van der Waals surface area contributed by atoms with Gasteiger partial charge in [-0.2, -0.15) is 0 Å². The summed E-state index contributed by atoms with van der Waals surface area (Å²) < 4.78 is 0. The van der Waals surface area contributed by atoms with E-state index in [1.807, 2.05) is 0 Å². The molecule has 0 saturated carbocycles. The molecular weight excluding hydrogens is 765 g/mol. The van der Waals surface area contributed by atoms with Gasteiger partial charge in [0, 0.05) is 13.0 Å². The first kappa shape index (κ1) is 61.9. The molecule has 0 aliphatic rings. The lowest BCUT2D eigenvalue weighted by molar-refractivity contribution is -0.121. The number of unbranched alkanes of at least 4 members (excludes halogenated alkanes) is 37. The average Bonchev–Trinajstić information content (AvgIpc) is 3.27. The van der Waals surface area contributed by atoms with Crippen molar-refractivity contribution in [1.82, 2.24) is 10.2 Å². The highest BCUT2D eigenvalue weighted by Gasteiger charge is 2.04. The zero-order valence-corrected chi connectivity index (χ0v) is 44.4. The second-order valence-corrected chi connectivity index (χ2v) is 20.6. The topological polar surface area (TPSA) is 32.3 Å². The third kappa shape index (κ3) is 51.8. The van der Waals surface area contributed by atoms with Gasteiger partial charge in [-0.15, -0.1) is 0 Å². The normalized spacial score (nSPS) is 12.3. The van der Waals surface area contributed by atoms with Crippen molar-refractivity contribution in [2.75, 3.05) is 27.2 Å². The SMILES string of the molecule is CCCCCCCCCCCCCCCCCCC(=CCCCCNC(=O)CCCN(C)C)CCCCCCCC=C(CCCCCCCCCC)CCCCCCCCCCC. The molecule has 0 aromatic rings. The van der Waals surface area contributed by atoms with E-state index in [1.165, 1.54) is 289 Å². The number of allylic oxidation sites excluding steroid dienone is 4. The summed E-state index contributed by atoms with van der Waals surface area (Å²) in [6.07, 6.45) is 71.3. The smallest absolute Gasteiger partial charge is 0.220 e. The van der Waals surface area contributed by atoms with Crippen molar-refractivity contribution < 1.29 is 4.79 Å². The number of carbonyl (C=O) groups is 1. The third-order valence-electron chi connectivity index (χ3n) is 13.8. The minimum absolute atomic E-state index is 0.223. The fourth-order valence-electron chi connectivity index (χ4n) is 9.49. The predicted molar refractivity (Wildman–Crippen MR) is 286 cm³/mol. The van der Waals surface area contributed by atoms with E-state index in [2.05, 4.69) is 57.2 Å². The molecule has 0 spiro atoms. The van der Waals surface area contributed by atoms with Crippen molar-refractivity contribution in [3.63, 3.8) is 0 Å². The van der Waals surface area contributed by atoms with Crippen LogP contribution in [-0.2, 0) is 4.79 Å². The molecule has 0 radical (unpaired) electrons. The van der Waals surface area contributed by atoms with Gasteiger partial charge in [0.2, 0.25) is 5.91 Å². The van der Waals surface area contributed by atoms with Crippen molar-refractivity contribution in [3.05, 3.63) is 23.3 Å². The van der Waals surface area contributed by atoms with Gasteiger partial charge in [0.25, 0.3) is 0 Å². The van der Waals surface area contributed by atoms with Gasteiger partial charge in [0.1, 0.15) is 0 Å². The van der Waals surface area contributed by atoms with E-state index in [-0.39, 0.29) is 5.91 Å². The predicted octanol–water partition coefficient (Wildman–Crippen LogP) is 20.3. The Morgan fingerprint density at radius 3 is 0.905 bits per heavy atom. The van der Waals surface area contributed by atoms with Crippen LogP contribution in [0.4, 0.5) is 0 Å². The van der Waals surface area contributed by atoms with Gasteiger partial charge >= 0.3 is 0 Å². The van der Waals surface area contributed by atoms with Gasteiger partial charge in [-0.05, 0) is 111 Å². The Hall–Kier alpha value is -1.09. The maximum Gasteiger partial charge on any atom is 0.220 e. The van der Waals surface area contributed by atoms with Gasteiger partial charge in [-0.1, -0.05) is 256 Å². The van der Waals surface area contributed by atoms with Crippen LogP contribution in [-0.4, -0.2) is 38.0 Å². The highest BCUT2D eigenvalue weighted by molar-refractivity contribution is 5.75. The number of rotatable bonds is 53. The van der Waals surface area contributed by atoms with Crippen LogP contribution in [0.25, 0.3) is 0 Å². The molecule has 374 valence electrons. The average molecular weight is 884 g/mol. The lowest BCUT2D eigenvalue weighted by Crippen LogP contribution is -2.25. The summed E-state index contributed by atoms with van der Waals surface area (Å²) in [5.74, 6) is 0.223. The summed E-state index contributed by atoms with van der Waals surface area (Å²) in [4.78, 5) is 14.4. The molecular formula is C60H118N2O. The Bertz CT molecular complexity index is 952. The van der Waals surface area contributed by atoms with Crippen LogP contribution in [0.5, 0.6) is 0 Å². The fraction of sp³-hybridized carbons (Fsp3) is 0.917.